The van der Waals surface area contributed by atoms with Gasteiger partial charge in [0.05, 0.1) is 12.2 Å². The molecule has 2 amide bonds. The number of fused-ring (bicyclic) bond motifs is 1. The first kappa shape index (κ1) is 19.8. The minimum absolute atomic E-state index is 0.141. The second-order valence-corrected chi connectivity index (χ2v) is 7.87. The molecule has 0 aliphatic carbocycles. The van der Waals surface area contributed by atoms with Crippen molar-refractivity contribution in [2.45, 2.75) is 26.8 Å². The fourth-order valence-corrected chi connectivity index (χ4v) is 3.86. The highest BCUT2D eigenvalue weighted by molar-refractivity contribution is 7.19. The van der Waals surface area contributed by atoms with Crippen LogP contribution in [0, 0.1) is 6.92 Å². The molecule has 2 aromatic heterocycles. The van der Waals surface area contributed by atoms with Gasteiger partial charge in [-0.1, -0.05) is 60.2 Å². The number of carbonyl (C=O) groups is 1. The first-order valence-corrected chi connectivity index (χ1v) is 10.4. The second kappa shape index (κ2) is 8.46. The number of hydrogen-bond acceptors (Lipinski definition) is 5. The highest BCUT2D eigenvalue weighted by Crippen LogP contribution is 2.24. The Morgan fingerprint density at radius 3 is 2.53 bits per heavy atom. The van der Waals surface area contributed by atoms with Crippen molar-refractivity contribution < 1.29 is 4.79 Å². The van der Waals surface area contributed by atoms with Crippen molar-refractivity contribution in [2.24, 2.45) is 0 Å². The summed E-state index contributed by atoms with van der Waals surface area (Å²) in [5.41, 5.74) is 4.20. The van der Waals surface area contributed by atoms with E-state index in [0.29, 0.717) is 16.3 Å². The van der Waals surface area contributed by atoms with Crippen LogP contribution >= 0.6 is 11.3 Å². The van der Waals surface area contributed by atoms with E-state index in [1.54, 1.807) is 0 Å². The third-order valence-electron chi connectivity index (χ3n) is 4.65. The lowest BCUT2D eigenvalue weighted by atomic mass is 10.1. The van der Waals surface area contributed by atoms with E-state index in [9.17, 15) is 9.59 Å². The Hall–Kier alpha value is -3.52. The maximum absolute atomic E-state index is 12.4. The number of amides is 2. The Morgan fingerprint density at radius 1 is 1.10 bits per heavy atom. The molecule has 2 heterocycles. The van der Waals surface area contributed by atoms with Crippen LogP contribution in [0.25, 0.3) is 15.5 Å². The molecule has 0 atom stereocenters. The lowest BCUT2D eigenvalue weighted by Crippen LogP contribution is -2.29. The number of hydrogen-bond donors (Lipinski definition) is 2. The SMILES string of the molecule is CCc1ccc(NC(=O)NCc2cc(=O)n3nc(-c4ccc(C)cc4)sc3n2)cc1. The molecule has 0 spiro atoms. The standard InChI is InChI=1S/C22H21N5O2S/c1-3-15-6-10-17(11-7-15)24-21(29)23-13-18-12-19(28)27-22(25-18)30-20(26-27)16-8-4-14(2)5-9-16/h4-12H,3,13H2,1-2H3,(H2,23,24,29). The van der Waals surface area contributed by atoms with Crippen molar-refractivity contribution in [3.8, 4) is 10.6 Å². The zero-order valence-electron chi connectivity index (χ0n) is 16.7. The van der Waals surface area contributed by atoms with Crippen molar-refractivity contribution in [1.29, 1.82) is 0 Å². The summed E-state index contributed by atoms with van der Waals surface area (Å²) in [5.74, 6) is 0. The molecule has 2 N–H and O–H groups in total. The third-order valence-corrected chi connectivity index (χ3v) is 5.60. The average molecular weight is 420 g/mol. The summed E-state index contributed by atoms with van der Waals surface area (Å²) in [6.45, 7) is 4.24. The lowest BCUT2D eigenvalue weighted by Gasteiger charge is -2.08. The van der Waals surface area contributed by atoms with E-state index in [0.717, 1.165) is 22.6 Å². The number of benzene rings is 2. The summed E-state index contributed by atoms with van der Waals surface area (Å²) in [7, 11) is 0. The summed E-state index contributed by atoms with van der Waals surface area (Å²) < 4.78 is 1.29. The zero-order chi connectivity index (χ0) is 21.1. The Bertz CT molecular complexity index is 1240. The van der Waals surface area contributed by atoms with Gasteiger partial charge >= 0.3 is 6.03 Å². The van der Waals surface area contributed by atoms with E-state index in [-0.39, 0.29) is 18.1 Å². The summed E-state index contributed by atoms with van der Waals surface area (Å²) in [4.78, 5) is 29.6. The number of carbonyl (C=O) groups excluding carboxylic acids is 1. The molecule has 4 aromatic rings. The third kappa shape index (κ3) is 4.38. The monoisotopic (exact) mass is 419 g/mol. The molecular weight excluding hydrogens is 398 g/mol. The normalized spacial score (nSPS) is 10.9. The van der Waals surface area contributed by atoms with E-state index < -0.39 is 0 Å². The van der Waals surface area contributed by atoms with Gasteiger partial charge in [-0.15, -0.1) is 0 Å². The molecule has 0 fully saturated rings. The number of rotatable bonds is 5. The largest absolute Gasteiger partial charge is 0.332 e. The minimum atomic E-state index is -0.356. The maximum atomic E-state index is 12.4. The van der Waals surface area contributed by atoms with Crippen molar-refractivity contribution in [2.75, 3.05) is 5.32 Å². The fourth-order valence-electron chi connectivity index (χ4n) is 2.93. The highest BCUT2D eigenvalue weighted by Gasteiger charge is 2.11. The van der Waals surface area contributed by atoms with Crippen molar-refractivity contribution >= 4 is 28.0 Å². The summed E-state index contributed by atoms with van der Waals surface area (Å²) in [5, 5.41) is 10.6. The predicted molar refractivity (Wildman–Crippen MR) is 119 cm³/mol. The van der Waals surface area contributed by atoms with Crippen LogP contribution in [-0.2, 0) is 13.0 Å². The number of anilines is 1. The Labute approximate surface area is 177 Å². The molecule has 0 saturated heterocycles. The molecule has 0 aliphatic rings. The number of urea groups is 1. The molecule has 7 nitrogen and oxygen atoms in total. The lowest BCUT2D eigenvalue weighted by molar-refractivity contribution is 0.251. The van der Waals surface area contributed by atoms with Gasteiger partial charge < -0.3 is 10.6 Å². The Morgan fingerprint density at radius 2 is 1.83 bits per heavy atom. The van der Waals surface area contributed by atoms with Gasteiger partial charge in [-0.2, -0.15) is 9.61 Å². The van der Waals surface area contributed by atoms with Gasteiger partial charge in [0.2, 0.25) is 4.96 Å². The van der Waals surface area contributed by atoms with Crippen molar-refractivity contribution in [3.63, 3.8) is 0 Å². The van der Waals surface area contributed by atoms with E-state index in [4.69, 9.17) is 0 Å². The molecule has 0 unspecified atom stereocenters. The number of aromatic nitrogens is 3. The van der Waals surface area contributed by atoms with E-state index in [2.05, 4.69) is 27.6 Å². The first-order valence-electron chi connectivity index (χ1n) is 9.62. The van der Waals surface area contributed by atoms with Crippen LogP contribution in [0.1, 0.15) is 23.7 Å². The van der Waals surface area contributed by atoms with Crippen molar-refractivity contribution in [1.82, 2.24) is 19.9 Å². The van der Waals surface area contributed by atoms with Gasteiger partial charge in [0, 0.05) is 17.3 Å². The molecule has 8 heteroatoms. The molecule has 30 heavy (non-hydrogen) atoms. The molecule has 0 saturated carbocycles. The molecule has 152 valence electrons. The van der Waals surface area contributed by atoms with Crippen LogP contribution in [0.4, 0.5) is 10.5 Å². The number of nitrogens with one attached hydrogen (secondary N) is 2. The van der Waals surface area contributed by atoms with Crippen LogP contribution in [-0.4, -0.2) is 20.6 Å². The molecular formula is C22H21N5O2S. The topological polar surface area (TPSA) is 88.4 Å². The van der Waals surface area contributed by atoms with Crippen LogP contribution in [0.15, 0.2) is 59.4 Å². The van der Waals surface area contributed by atoms with Crippen LogP contribution in [0.2, 0.25) is 0 Å². The zero-order valence-corrected chi connectivity index (χ0v) is 17.5. The second-order valence-electron chi connectivity index (χ2n) is 6.91. The predicted octanol–water partition coefficient (Wildman–Crippen LogP) is 4.01. The highest BCUT2D eigenvalue weighted by atomic mass is 32.1. The maximum Gasteiger partial charge on any atom is 0.319 e. The average Bonchev–Trinajstić information content (AvgIpc) is 3.18. The summed E-state index contributed by atoms with van der Waals surface area (Å²) in [6, 6.07) is 16.6. The van der Waals surface area contributed by atoms with Gasteiger partial charge in [-0.25, -0.2) is 9.78 Å². The van der Waals surface area contributed by atoms with Gasteiger partial charge in [-0.05, 0) is 31.0 Å². The van der Waals surface area contributed by atoms with E-state index in [1.165, 1.54) is 27.5 Å². The van der Waals surface area contributed by atoms with Gasteiger partial charge in [0.1, 0.15) is 5.01 Å². The van der Waals surface area contributed by atoms with E-state index in [1.807, 2.05) is 55.5 Å². The van der Waals surface area contributed by atoms with Crippen LogP contribution < -0.4 is 16.2 Å². The minimum Gasteiger partial charge on any atom is -0.332 e. The first-order chi connectivity index (χ1) is 14.5. The molecule has 2 aromatic carbocycles. The summed E-state index contributed by atoms with van der Waals surface area (Å²) >= 11 is 1.34. The van der Waals surface area contributed by atoms with E-state index >= 15 is 0 Å². The summed E-state index contributed by atoms with van der Waals surface area (Å²) in [6.07, 6.45) is 0.944. The van der Waals surface area contributed by atoms with Crippen molar-refractivity contribution in [3.05, 3.63) is 81.8 Å². The van der Waals surface area contributed by atoms with Crippen LogP contribution in [0.5, 0.6) is 0 Å². The van der Waals surface area contributed by atoms with Crippen LogP contribution in [0.3, 0.4) is 0 Å². The van der Waals surface area contributed by atoms with Gasteiger partial charge in [0.15, 0.2) is 0 Å². The number of nitrogens with zero attached hydrogens (tertiary/aromatic N) is 3. The molecule has 0 radical (unpaired) electrons. The molecule has 0 aliphatic heterocycles. The Kier molecular flexibility index (Phi) is 5.58. The molecule has 0 bridgehead atoms. The van der Waals surface area contributed by atoms with Gasteiger partial charge in [0.25, 0.3) is 5.56 Å². The number of aryl methyl sites for hydroxylation is 2. The Balaban J connectivity index is 1.46. The smallest absolute Gasteiger partial charge is 0.319 e. The quantitative estimate of drug-likeness (QED) is 0.512. The molecule has 4 rings (SSSR count). The fraction of sp³-hybridized carbons (Fsp3) is 0.182. The van der Waals surface area contributed by atoms with Gasteiger partial charge in [-0.3, -0.25) is 4.79 Å².